The van der Waals surface area contributed by atoms with Crippen molar-refractivity contribution in [3.8, 4) is 11.8 Å². The van der Waals surface area contributed by atoms with Crippen molar-refractivity contribution in [1.82, 2.24) is 4.90 Å². The Bertz CT molecular complexity index is 916. The Kier molecular flexibility index (Phi) is 5.95. The maximum absolute atomic E-state index is 12.7. The van der Waals surface area contributed by atoms with E-state index in [4.69, 9.17) is 10.00 Å². The topological polar surface area (TPSA) is 82.4 Å². The summed E-state index contributed by atoms with van der Waals surface area (Å²) in [6, 6.07) is 14.7. The maximum Gasteiger partial charge on any atom is 0.260 e. The first-order chi connectivity index (χ1) is 13.5. The van der Waals surface area contributed by atoms with Gasteiger partial charge in [0.15, 0.2) is 6.61 Å². The first-order valence-corrected chi connectivity index (χ1v) is 9.37. The van der Waals surface area contributed by atoms with Crippen molar-refractivity contribution in [2.24, 2.45) is 0 Å². The number of nitrogens with zero attached hydrogens (tertiary/aromatic N) is 2. The lowest BCUT2D eigenvalue weighted by atomic mass is 10.0. The lowest BCUT2D eigenvalue weighted by molar-refractivity contribution is -0.135. The summed E-state index contributed by atoms with van der Waals surface area (Å²) in [7, 11) is 0. The number of hydrogen-bond donors (Lipinski definition) is 1. The van der Waals surface area contributed by atoms with Crippen LogP contribution in [0.15, 0.2) is 42.5 Å². The number of benzene rings is 2. The predicted octanol–water partition coefficient (Wildman–Crippen LogP) is 3.43. The SMILES string of the molecule is CCN(C(=O)COc1ccc2c(c1)CCC(=O)N2)C(C)c1ccc(C#N)cc1. The quantitative estimate of drug-likeness (QED) is 0.836. The minimum Gasteiger partial charge on any atom is -0.484 e. The van der Waals surface area contributed by atoms with E-state index in [2.05, 4.69) is 11.4 Å². The molecule has 3 rings (SSSR count). The second-order valence-electron chi connectivity index (χ2n) is 6.75. The molecular formula is C22H23N3O3. The molecule has 1 aliphatic heterocycles. The molecule has 0 saturated carbocycles. The van der Waals surface area contributed by atoms with Crippen LogP contribution in [0.1, 0.15) is 43.0 Å². The van der Waals surface area contributed by atoms with Gasteiger partial charge in [0.05, 0.1) is 17.7 Å². The Morgan fingerprint density at radius 1 is 1.25 bits per heavy atom. The molecule has 1 N–H and O–H groups in total. The largest absolute Gasteiger partial charge is 0.484 e. The number of nitrogens with one attached hydrogen (secondary N) is 1. The molecule has 28 heavy (non-hydrogen) atoms. The van der Waals surface area contributed by atoms with Gasteiger partial charge in [-0.05, 0) is 61.7 Å². The zero-order valence-corrected chi connectivity index (χ0v) is 16.1. The third-order valence-corrected chi connectivity index (χ3v) is 4.99. The molecule has 0 spiro atoms. The number of likely N-dealkylation sites (N-methyl/N-ethyl adjacent to an activating group) is 1. The average Bonchev–Trinajstić information content (AvgIpc) is 2.72. The van der Waals surface area contributed by atoms with Crippen LogP contribution in [0.3, 0.4) is 0 Å². The van der Waals surface area contributed by atoms with Crippen LogP contribution in [0.4, 0.5) is 5.69 Å². The maximum atomic E-state index is 12.7. The average molecular weight is 377 g/mol. The van der Waals surface area contributed by atoms with Gasteiger partial charge >= 0.3 is 0 Å². The summed E-state index contributed by atoms with van der Waals surface area (Å²) in [5, 5.41) is 11.8. The van der Waals surface area contributed by atoms with Crippen LogP contribution in [0.5, 0.6) is 5.75 Å². The lowest BCUT2D eigenvalue weighted by Gasteiger charge is -2.28. The van der Waals surface area contributed by atoms with Gasteiger partial charge < -0.3 is 15.0 Å². The van der Waals surface area contributed by atoms with Crippen molar-refractivity contribution in [2.75, 3.05) is 18.5 Å². The number of ether oxygens (including phenoxy) is 1. The van der Waals surface area contributed by atoms with Gasteiger partial charge in [0.2, 0.25) is 5.91 Å². The van der Waals surface area contributed by atoms with E-state index in [1.165, 1.54) is 0 Å². The summed E-state index contributed by atoms with van der Waals surface area (Å²) in [5.74, 6) is 0.530. The van der Waals surface area contributed by atoms with E-state index >= 15 is 0 Å². The summed E-state index contributed by atoms with van der Waals surface area (Å²) in [5.41, 5.74) is 3.39. The normalized spacial score (nSPS) is 13.7. The molecule has 2 aromatic rings. The van der Waals surface area contributed by atoms with Gasteiger partial charge in [-0.15, -0.1) is 0 Å². The molecule has 0 aromatic heterocycles. The van der Waals surface area contributed by atoms with Gasteiger partial charge in [0.1, 0.15) is 5.75 Å². The van der Waals surface area contributed by atoms with E-state index in [1.54, 1.807) is 23.1 Å². The zero-order chi connectivity index (χ0) is 20.1. The molecule has 6 nitrogen and oxygen atoms in total. The molecule has 2 aromatic carbocycles. The fraction of sp³-hybridized carbons (Fsp3) is 0.318. The van der Waals surface area contributed by atoms with Gasteiger partial charge in [-0.25, -0.2) is 0 Å². The molecule has 0 fully saturated rings. The Labute approximate surface area is 164 Å². The summed E-state index contributed by atoms with van der Waals surface area (Å²) in [4.78, 5) is 25.9. The van der Waals surface area contributed by atoms with Crippen molar-refractivity contribution in [2.45, 2.75) is 32.7 Å². The fourth-order valence-corrected chi connectivity index (χ4v) is 3.36. The highest BCUT2D eigenvalue weighted by atomic mass is 16.5. The number of nitriles is 1. The molecule has 0 bridgehead atoms. The first kappa shape index (κ1) is 19.4. The number of rotatable bonds is 6. The number of anilines is 1. The van der Waals surface area contributed by atoms with E-state index < -0.39 is 0 Å². The van der Waals surface area contributed by atoms with Crippen LogP contribution in [0.2, 0.25) is 0 Å². The highest BCUT2D eigenvalue weighted by molar-refractivity contribution is 5.94. The van der Waals surface area contributed by atoms with Gasteiger partial charge in [-0.3, -0.25) is 9.59 Å². The molecule has 1 heterocycles. The van der Waals surface area contributed by atoms with Gasteiger partial charge in [0.25, 0.3) is 5.91 Å². The third kappa shape index (κ3) is 4.32. The molecule has 0 aliphatic carbocycles. The van der Waals surface area contributed by atoms with E-state index in [1.807, 2.05) is 38.1 Å². The minimum absolute atomic E-state index is 0.0201. The highest BCUT2D eigenvalue weighted by Gasteiger charge is 2.21. The number of hydrogen-bond acceptors (Lipinski definition) is 4. The molecule has 0 saturated heterocycles. The number of carbonyl (C=O) groups is 2. The van der Waals surface area contributed by atoms with E-state index in [9.17, 15) is 9.59 Å². The molecule has 1 atom stereocenters. The van der Waals surface area contributed by atoms with Crippen molar-refractivity contribution in [3.63, 3.8) is 0 Å². The Balaban J connectivity index is 1.64. The molecular weight excluding hydrogens is 354 g/mol. The number of carbonyl (C=O) groups excluding carboxylic acids is 2. The number of amides is 2. The van der Waals surface area contributed by atoms with E-state index in [0.717, 1.165) is 16.8 Å². The molecule has 2 amide bonds. The second kappa shape index (κ2) is 8.57. The van der Waals surface area contributed by atoms with Crippen LogP contribution < -0.4 is 10.1 Å². The van der Waals surface area contributed by atoms with Crippen LogP contribution in [-0.2, 0) is 16.0 Å². The van der Waals surface area contributed by atoms with E-state index in [-0.39, 0.29) is 24.5 Å². The van der Waals surface area contributed by atoms with Crippen LogP contribution in [-0.4, -0.2) is 29.9 Å². The van der Waals surface area contributed by atoms with Crippen molar-refractivity contribution < 1.29 is 14.3 Å². The van der Waals surface area contributed by atoms with Gasteiger partial charge in [-0.1, -0.05) is 12.1 Å². The molecule has 1 aliphatic rings. The Hall–Kier alpha value is -3.33. The second-order valence-corrected chi connectivity index (χ2v) is 6.75. The molecule has 6 heteroatoms. The lowest BCUT2D eigenvalue weighted by Crippen LogP contribution is -2.36. The summed E-state index contributed by atoms with van der Waals surface area (Å²) >= 11 is 0. The van der Waals surface area contributed by atoms with Gasteiger partial charge in [-0.2, -0.15) is 5.26 Å². The fourth-order valence-electron chi connectivity index (χ4n) is 3.36. The van der Waals surface area contributed by atoms with Crippen LogP contribution >= 0.6 is 0 Å². The van der Waals surface area contributed by atoms with Crippen LogP contribution in [0, 0.1) is 11.3 Å². The minimum atomic E-state index is -0.118. The zero-order valence-electron chi connectivity index (χ0n) is 16.1. The summed E-state index contributed by atoms with van der Waals surface area (Å²) in [6.45, 7) is 4.39. The Morgan fingerprint density at radius 3 is 2.68 bits per heavy atom. The van der Waals surface area contributed by atoms with E-state index in [0.29, 0.717) is 30.7 Å². The van der Waals surface area contributed by atoms with Crippen molar-refractivity contribution in [3.05, 3.63) is 59.2 Å². The first-order valence-electron chi connectivity index (χ1n) is 9.37. The summed E-state index contributed by atoms with van der Waals surface area (Å²) in [6.07, 6.45) is 1.13. The third-order valence-electron chi connectivity index (χ3n) is 4.99. The van der Waals surface area contributed by atoms with Crippen molar-refractivity contribution in [1.29, 1.82) is 5.26 Å². The Morgan fingerprint density at radius 2 is 2.00 bits per heavy atom. The molecule has 1 unspecified atom stereocenters. The van der Waals surface area contributed by atoms with Gasteiger partial charge in [0, 0.05) is 18.7 Å². The van der Waals surface area contributed by atoms with Crippen LogP contribution in [0.25, 0.3) is 0 Å². The molecule has 144 valence electrons. The monoisotopic (exact) mass is 377 g/mol. The number of aryl methyl sites for hydroxylation is 1. The molecule has 0 radical (unpaired) electrons. The predicted molar refractivity (Wildman–Crippen MR) is 106 cm³/mol. The number of fused-ring (bicyclic) bond motifs is 1. The van der Waals surface area contributed by atoms with Crippen molar-refractivity contribution >= 4 is 17.5 Å². The highest BCUT2D eigenvalue weighted by Crippen LogP contribution is 2.27. The smallest absolute Gasteiger partial charge is 0.260 e. The standard InChI is InChI=1S/C22H23N3O3/c1-3-25(15(2)17-6-4-16(13-23)5-7-17)22(27)14-28-19-9-10-20-18(12-19)8-11-21(26)24-20/h4-7,9-10,12,15H,3,8,11,14H2,1-2H3,(H,24,26). The summed E-state index contributed by atoms with van der Waals surface area (Å²) < 4.78 is 5.72.